The summed E-state index contributed by atoms with van der Waals surface area (Å²) in [5, 5.41) is 7.51. The van der Waals surface area contributed by atoms with Crippen LogP contribution in [0.25, 0.3) is 5.82 Å². The zero-order chi connectivity index (χ0) is 12.3. The van der Waals surface area contributed by atoms with Crippen LogP contribution in [0.5, 0.6) is 0 Å². The Kier molecular flexibility index (Phi) is 3.91. The molecule has 0 amide bonds. The molecular formula is C12H15BrN4. The van der Waals surface area contributed by atoms with Gasteiger partial charge in [0.2, 0.25) is 0 Å². The first kappa shape index (κ1) is 12.3. The topological polar surface area (TPSA) is 42.7 Å². The Labute approximate surface area is 109 Å². The van der Waals surface area contributed by atoms with Crippen LogP contribution in [0.15, 0.2) is 29.0 Å². The van der Waals surface area contributed by atoms with Gasteiger partial charge in [-0.1, -0.05) is 13.0 Å². The number of aromatic nitrogens is 3. The van der Waals surface area contributed by atoms with Gasteiger partial charge >= 0.3 is 0 Å². The van der Waals surface area contributed by atoms with Gasteiger partial charge in [0.1, 0.15) is 0 Å². The minimum atomic E-state index is 0.841. The molecule has 17 heavy (non-hydrogen) atoms. The van der Waals surface area contributed by atoms with E-state index < -0.39 is 0 Å². The van der Waals surface area contributed by atoms with Crippen molar-refractivity contribution in [3.05, 3.63) is 40.3 Å². The number of aryl methyl sites for hydroxylation is 1. The van der Waals surface area contributed by atoms with Gasteiger partial charge in [0.05, 0.1) is 10.7 Å². The Bertz CT molecular complexity index is 507. The van der Waals surface area contributed by atoms with Gasteiger partial charge in [0.25, 0.3) is 0 Å². The standard InChI is InChI=1S/C12H15BrN4/c1-3-14-6-10-4-5-12(16-9(10)2)17-8-11(13)7-15-17/h4-5,7-8,14H,3,6H2,1-2H3. The van der Waals surface area contributed by atoms with E-state index >= 15 is 0 Å². The van der Waals surface area contributed by atoms with Crippen LogP contribution >= 0.6 is 15.9 Å². The Morgan fingerprint density at radius 1 is 1.41 bits per heavy atom. The average Bonchev–Trinajstić information content (AvgIpc) is 2.74. The van der Waals surface area contributed by atoms with Gasteiger partial charge < -0.3 is 5.32 Å². The fraction of sp³-hybridized carbons (Fsp3) is 0.333. The van der Waals surface area contributed by atoms with Crippen LogP contribution in [0.2, 0.25) is 0 Å². The molecule has 0 bridgehead atoms. The van der Waals surface area contributed by atoms with Crippen LogP contribution in [0.1, 0.15) is 18.2 Å². The third-order valence-corrected chi connectivity index (χ3v) is 2.94. The summed E-state index contributed by atoms with van der Waals surface area (Å²) >= 11 is 3.38. The van der Waals surface area contributed by atoms with Gasteiger partial charge in [0.15, 0.2) is 5.82 Å². The van der Waals surface area contributed by atoms with Crippen LogP contribution in [0.3, 0.4) is 0 Å². The van der Waals surface area contributed by atoms with Gasteiger partial charge in [-0.05, 0) is 41.0 Å². The van der Waals surface area contributed by atoms with Crippen LogP contribution < -0.4 is 5.32 Å². The molecule has 2 aromatic heterocycles. The molecule has 2 aromatic rings. The molecule has 0 fully saturated rings. The van der Waals surface area contributed by atoms with Crippen LogP contribution in [0, 0.1) is 6.92 Å². The van der Waals surface area contributed by atoms with E-state index in [9.17, 15) is 0 Å². The van der Waals surface area contributed by atoms with Crippen molar-refractivity contribution < 1.29 is 0 Å². The van der Waals surface area contributed by atoms with E-state index in [1.807, 2.05) is 19.2 Å². The summed E-state index contributed by atoms with van der Waals surface area (Å²) in [5.74, 6) is 0.841. The molecule has 0 saturated carbocycles. The van der Waals surface area contributed by atoms with E-state index in [-0.39, 0.29) is 0 Å². The number of hydrogen-bond acceptors (Lipinski definition) is 3. The highest BCUT2D eigenvalue weighted by atomic mass is 79.9. The quantitative estimate of drug-likeness (QED) is 0.942. The summed E-state index contributed by atoms with van der Waals surface area (Å²) in [4.78, 5) is 4.55. The second-order valence-electron chi connectivity index (χ2n) is 3.80. The highest BCUT2D eigenvalue weighted by molar-refractivity contribution is 9.10. The summed E-state index contributed by atoms with van der Waals surface area (Å²) in [6, 6.07) is 4.08. The molecule has 2 heterocycles. The summed E-state index contributed by atoms with van der Waals surface area (Å²) in [5.41, 5.74) is 2.26. The Balaban J connectivity index is 2.24. The largest absolute Gasteiger partial charge is 0.313 e. The van der Waals surface area contributed by atoms with E-state index in [0.717, 1.165) is 29.1 Å². The lowest BCUT2D eigenvalue weighted by atomic mass is 10.2. The van der Waals surface area contributed by atoms with Gasteiger partial charge in [-0.25, -0.2) is 9.67 Å². The fourth-order valence-corrected chi connectivity index (χ4v) is 1.86. The predicted molar refractivity (Wildman–Crippen MR) is 71.2 cm³/mol. The molecule has 0 aliphatic heterocycles. The molecule has 4 nitrogen and oxygen atoms in total. The second-order valence-corrected chi connectivity index (χ2v) is 4.71. The summed E-state index contributed by atoms with van der Waals surface area (Å²) in [6.45, 7) is 5.94. The number of pyridine rings is 1. The Morgan fingerprint density at radius 2 is 2.24 bits per heavy atom. The van der Waals surface area contributed by atoms with Crippen molar-refractivity contribution in [2.75, 3.05) is 6.54 Å². The third kappa shape index (κ3) is 2.92. The van der Waals surface area contributed by atoms with E-state index in [1.54, 1.807) is 10.9 Å². The van der Waals surface area contributed by atoms with E-state index in [2.05, 4.69) is 44.3 Å². The zero-order valence-electron chi connectivity index (χ0n) is 9.94. The number of rotatable bonds is 4. The van der Waals surface area contributed by atoms with E-state index in [0.29, 0.717) is 0 Å². The lowest BCUT2D eigenvalue weighted by Crippen LogP contribution is -2.13. The maximum absolute atomic E-state index is 4.55. The molecular weight excluding hydrogens is 280 g/mol. The van der Waals surface area contributed by atoms with Crippen molar-refractivity contribution in [2.45, 2.75) is 20.4 Å². The SMILES string of the molecule is CCNCc1ccc(-n2cc(Br)cn2)nc1C. The lowest BCUT2D eigenvalue weighted by molar-refractivity contribution is 0.717. The molecule has 0 atom stereocenters. The fourth-order valence-electron chi connectivity index (χ4n) is 1.58. The Morgan fingerprint density at radius 3 is 2.82 bits per heavy atom. The first-order valence-electron chi connectivity index (χ1n) is 5.58. The van der Waals surface area contributed by atoms with Crippen LogP contribution in [-0.2, 0) is 6.54 Å². The van der Waals surface area contributed by atoms with Crippen LogP contribution in [-0.4, -0.2) is 21.3 Å². The first-order chi connectivity index (χ1) is 8.20. The van der Waals surface area contributed by atoms with Gasteiger partial charge in [-0.15, -0.1) is 0 Å². The van der Waals surface area contributed by atoms with Gasteiger partial charge in [0, 0.05) is 18.4 Å². The normalized spacial score (nSPS) is 10.8. The maximum Gasteiger partial charge on any atom is 0.153 e. The maximum atomic E-state index is 4.55. The van der Waals surface area contributed by atoms with Crippen molar-refractivity contribution in [1.29, 1.82) is 0 Å². The van der Waals surface area contributed by atoms with E-state index in [4.69, 9.17) is 0 Å². The van der Waals surface area contributed by atoms with E-state index in [1.165, 1.54) is 5.56 Å². The minimum absolute atomic E-state index is 0.841. The number of nitrogens with one attached hydrogen (secondary N) is 1. The van der Waals surface area contributed by atoms with Crippen molar-refractivity contribution in [3.8, 4) is 5.82 Å². The summed E-state index contributed by atoms with van der Waals surface area (Å²) in [6.07, 6.45) is 3.65. The monoisotopic (exact) mass is 294 g/mol. The second kappa shape index (κ2) is 5.42. The molecule has 0 saturated heterocycles. The minimum Gasteiger partial charge on any atom is -0.313 e. The number of halogens is 1. The molecule has 0 aromatic carbocycles. The molecule has 90 valence electrons. The van der Waals surface area contributed by atoms with Crippen molar-refractivity contribution >= 4 is 15.9 Å². The summed E-state index contributed by atoms with van der Waals surface area (Å²) < 4.78 is 2.71. The first-order valence-corrected chi connectivity index (χ1v) is 6.37. The van der Waals surface area contributed by atoms with Gasteiger partial charge in [-0.3, -0.25) is 0 Å². The summed E-state index contributed by atoms with van der Waals surface area (Å²) in [7, 11) is 0. The molecule has 0 spiro atoms. The van der Waals surface area contributed by atoms with Crippen LogP contribution in [0.4, 0.5) is 0 Å². The van der Waals surface area contributed by atoms with Crippen molar-refractivity contribution in [1.82, 2.24) is 20.1 Å². The van der Waals surface area contributed by atoms with Crippen molar-refractivity contribution in [2.24, 2.45) is 0 Å². The molecule has 0 aliphatic rings. The third-order valence-electron chi connectivity index (χ3n) is 2.53. The highest BCUT2D eigenvalue weighted by Crippen LogP contribution is 2.13. The van der Waals surface area contributed by atoms with Gasteiger partial charge in [-0.2, -0.15) is 5.10 Å². The number of nitrogens with zero attached hydrogens (tertiary/aromatic N) is 3. The molecule has 0 aliphatic carbocycles. The molecule has 2 rings (SSSR count). The lowest BCUT2D eigenvalue weighted by Gasteiger charge is -2.07. The predicted octanol–water partition coefficient (Wildman–Crippen LogP) is 2.45. The molecule has 5 heteroatoms. The Hall–Kier alpha value is -1.20. The zero-order valence-corrected chi connectivity index (χ0v) is 11.5. The molecule has 0 unspecified atom stereocenters. The smallest absolute Gasteiger partial charge is 0.153 e. The van der Waals surface area contributed by atoms with Crippen molar-refractivity contribution in [3.63, 3.8) is 0 Å². The highest BCUT2D eigenvalue weighted by Gasteiger charge is 2.04. The molecule has 0 radical (unpaired) electrons. The molecule has 1 N–H and O–H groups in total. The average molecular weight is 295 g/mol. The number of hydrogen-bond donors (Lipinski definition) is 1.